The Labute approximate surface area is 105 Å². The zero-order chi connectivity index (χ0) is 12.1. The van der Waals surface area contributed by atoms with Crippen LogP contribution in [0.1, 0.15) is 6.42 Å². The lowest BCUT2D eigenvalue weighted by Crippen LogP contribution is -3.27. The van der Waals surface area contributed by atoms with Crippen molar-refractivity contribution in [2.45, 2.75) is 6.42 Å². The zero-order valence-electron chi connectivity index (χ0n) is 10.2. The van der Waals surface area contributed by atoms with Crippen LogP contribution in [0, 0.1) is 0 Å². The second-order valence-electron chi connectivity index (χ2n) is 4.59. The standard InChI is InChI=1S/C11H18N4OS/c1-14-5-7-15(8-6-14)4-2-10(16)13-11-12-3-9-17-11/h3,9H,2,4-8H2,1H3,(H,12,13,16)/p+2. The largest absolute Gasteiger partial charge is 0.328 e. The molecule has 1 aliphatic heterocycles. The first-order chi connectivity index (χ1) is 8.24. The Morgan fingerprint density at radius 3 is 2.88 bits per heavy atom. The smallest absolute Gasteiger partial charge is 0.231 e. The highest BCUT2D eigenvalue weighted by atomic mass is 32.1. The molecule has 0 saturated carbocycles. The predicted molar refractivity (Wildman–Crippen MR) is 67.5 cm³/mol. The van der Waals surface area contributed by atoms with E-state index in [2.05, 4.69) is 17.3 Å². The van der Waals surface area contributed by atoms with E-state index in [0.29, 0.717) is 11.6 Å². The van der Waals surface area contributed by atoms with Gasteiger partial charge in [0.25, 0.3) is 0 Å². The number of quaternary nitrogens is 2. The first-order valence-corrected chi connectivity index (χ1v) is 6.96. The summed E-state index contributed by atoms with van der Waals surface area (Å²) in [5.41, 5.74) is 0. The maximum atomic E-state index is 11.7. The van der Waals surface area contributed by atoms with Gasteiger partial charge in [0.15, 0.2) is 5.13 Å². The molecule has 6 heteroatoms. The minimum Gasteiger partial charge on any atom is -0.328 e. The van der Waals surface area contributed by atoms with Crippen molar-refractivity contribution < 1.29 is 14.6 Å². The highest BCUT2D eigenvalue weighted by Gasteiger charge is 2.20. The van der Waals surface area contributed by atoms with E-state index in [1.54, 1.807) is 16.0 Å². The van der Waals surface area contributed by atoms with Gasteiger partial charge in [-0.3, -0.25) is 4.79 Å². The van der Waals surface area contributed by atoms with Crippen LogP contribution in [0.3, 0.4) is 0 Å². The van der Waals surface area contributed by atoms with Crippen LogP contribution < -0.4 is 15.1 Å². The summed E-state index contributed by atoms with van der Waals surface area (Å²) in [6.07, 6.45) is 2.29. The van der Waals surface area contributed by atoms with Crippen molar-refractivity contribution >= 4 is 22.4 Å². The van der Waals surface area contributed by atoms with Crippen LogP contribution in [-0.2, 0) is 4.79 Å². The lowest BCUT2D eigenvalue weighted by Gasteiger charge is -2.26. The second kappa shape index (κ2) is 6.09. The zero-order valence-corrected chi connectivity index (χ0v) is 11.0. The number of aromatic nitrogens is 1. The monoisotopic (exact) mass is 256 g/mol. The van der Waals surface area contributed by atoms with Gasteiger partial charge < -0.3 is 15.1 Å². The number of carbonyl (C=O) groups is 1. The first-order valence-electron chi connectivity index (χ1n) is 6.08. The van der Waals surface area contributed by atoms with E-state index in [9.17, 15) is 4.79 Å². The van der Waals surface area contributed by atoms with Crippen LogP contribution in [0.5, 0.6) is 0 Å². The van der Waals surface area contributed by atoms with Crippen LogP contribution in [0.2, 0.25) is 0 Å². The molecule has 1 aromatic rings. The molecule has 3 N–H and O–H groups in total. The van der Waals surface area contributed by atoms with Crippen molar-refractivity contribution in [2.24, 2.45) is 0 Å². The number of likely N-dealkylation sites (N-methyl/N-ethyl adjacent to an activating group) is 1. The molecule has 0 aliphatic carbocycles. The predicted octanol–water partition coefficient (Wildman–Crippen LogP) is -2.12. The van der Waals surface area contributed by atoms with E-state index in [1.807, 2.05) is 5.38 Å². The normalized spacial score (nSPS) is 24.5. The first kappa shape index (κ1) is 12.5. The van der Waals surface area contributed by atoms with Crippen molar-refractivity contribution in [3.8, 4) is 0 Å². The average molecular weight is 256 g/mol. The van der Waals surface area contributed by atoms with E-state index < -0.39 is 0 Å². The number of hydrogen-bond donors (Lipinski definition) is 3. The molecule has 0 atom stereocenters. The number of nitrogens with one attached hydrogen (secondary N) is 3. The van der Waals surface area contributed by atoms with Crippen LogP contribution in [-0.4, -0.2) is 50.7 Å². The molecular formula is C11H20N4OS+2. The van der Waals surface area contributed by atoms with Gasteiger partial charge in [-0.05, 0) is 0 Å². The van der Waals surface area contributed by atoms with Gasteiger partial charge in [-0.15, -0.1) is 11.3 Å². The van der Waals surface area contributed by atoms with E-state index in [4.69, 9.17) is 0 Å². The summed E-state index contributed by atoms with van der Waals surface area (Å²) in [5, 5.41) is 5.39. The van der Waals surface area contributed by atoms with E-state index in [-0.39, 0.29) is 5.91 Å². The molecule has 2 heterocycles. The molecule has 0 spiro atoms. The topological polar surface area (TPSA) is 50.9 Å². The highest BCUT2D eigenvalue weighted by Crippen LogP contribution is 2.09. The average Bonchev–Trinajstić information content (AvgIpc) is 2.81. The molecule has 0 bridgehead atoms. The van der Waals surface area contributed by atoms with Crippen LogP contribution >= 0.6 is 11.3 Å². The van der Waals surface area contributed by atoms with Crippen LogP contribution in [0.25, 0.3) is 0 Å². The van der Waals surface area contributed by atoms with Crippen molar-refractivity contribution in [1.82, 2.24) is 4.98 Å². The fourth-order valence-electron chi connectivity index (χ4n) is 2.04. The summed E-state index contributed by atoms with van der Waals surface area (Å²) in [5.74, 6) is 0.0822. The van der Waals surface area contributed by atoms with Gasteiger partial charge in [-0.2, -0.15) is 0 Å². The van der Waals surface area contributed by atoms with Gasteiger partial charge in [-0.25, -0.2) is 4.98 Å². The Morgan fingerprint density at radius 2 is 2.24 bits per heavy atom. The molecule has 1 aliphatic rings. The molecule has 0 radical (unpaired) electrons. The highest BCUT2D eigenvalue weighted by molar-refractivity contribution is 7.13. The van der Waals surface area contributed by atoms with Crippen LogP contribution in [0.15, 0.2) is 11.6 Å². The van der Waals surface area contributed by atoms with Gasteiger partial charge in [0.2, 0.25) is 5.91 Å². The number of hydrogen-bond acceptors (Lipinski definition) is 3. The Balaban J connectivity index is 1.66. The maximum absolute atomic E-state index is 11.7. The second-order valence-corrected chi connectivity index (χ2v) is 5.49. The Hall–Kier alpha value is -0.980. The third-order valence-electron chi connectivity index (χ3n) is 3.19. The molecule has 94 valence electrons. The number of nitrogens with zero attached hydrogens (tertiary/aromatic N) is 1. The molecule has 1 saturated heterocycles. The van der Waals surface area contributed by atoms with Crippen molar-refractivity contribution in [3.63, 3.8) is 0 Å². The fourth-order valence-corrected chi connectivity index (χ4v) is 2.58. The summed E-state index contributed by atoms with van der Waals surface area (Å²) in [6, 6.07) is 0. The molecule has 1 aromatic heterocycles. The van der Waals surface area contributed by atoms with Gasteiger partial charge >= 0.3 is 0 Å². The minimum atomic E-state index is 0.0822. The van der Waals surface area contributed by atoms with Gasteiger partial charge in [0, 0.05) is 11.6 Å². The summed E-state index contributed by atoms with van der Waals surface area (Å²) in [7, 11) is 2.23. The number of carbonyl (C=O) groups excluding carboxylic acids is 1. The molecule has 2 rings (SSSR count). The quantitative estimate of drug-likeness (QED) is 0.577. The SMILES string of the molecule is C[NH+]1CC[NH+](CCC(=O)Nc2nccs2)CC1. The van der Waals surface area contributed by atoms with Crippen molar-refractivity contribution in [2.75, 3.05) is 45.1 Å². The third-order valence-corrected chi connectivity index (χ3v) is 3.88. The molecule has 0 aromatic carbocycles. The number of thiazole rings is 1. The summed E-state index contributed by atoms with van der Waals surface area (Å²) in [4.78, 5) is 18.8. The Bertz CT molecular complexity index is 346. The van der Waals surface area contributed by atoms with Crippen molar-refractivity contribution in [3.05, 3.63) is 11.6 Å². The molecule has 17 heavy (non-hydrogen) atoms. The van der Waals surface area contributed by atoms with E-state index in [1.165, 1.54) is 37.5 Å². The molecular weight excluding hydrogens is 236 g/mol. The lowest BCUT2D eigenvalue weighted by atomic mass is 10.3. The fraction of sp³-hybridized carbons (Fsp3) is 0.636. The molecule has 0 unspecified atom stereocenters. The van der Waals surface area contributed by atoms with Crippen LogP contribution in [0.4, 0.5) is 5.13 Å². The third kappa shape index (κ3) is 4.07. The molecule has 1 fully saturated rings. The van der Waals surface area contributed by atoms with E-state index in [0.717, 1.165) is 6.54 Å². The van der Waals surface area contributed by atoms with Crippen molar-refractivity contribution in [1.29, 1.82) is 0 Å². The Morgan fingerprint density at radius 1 is 1.47 bits per heavy atom. The summed E-state index contributed by atoms with van der Waals surface area (Å²) < 4.78 is 0. The number of rotatable bonds is 4. The van der Waals surface area contributed by atoms with Gasteiger partial charge in [-0.1, -0.05) is 0 Å². The molecule has 1 amide bonds. The number of amides is 1. The summed E-state index contributed by atoms with van der Waals surface area (Å²) in [6.45, 7) is 5.71. The number of piperazine rings is 1. The minimum absolute atomic E-state index is 0.0822. The summed E-state index contributed by atoms with van der Waals surface area (Å²) >= 11 is 1.46. The Kier molecular flexibility index (Phi) is 4.47. The van der Waals surface area contributed by atoms with Gasteiger partial charge in [0.05, 0.1) is 20.0 Å². The lowest BCUT2D eigenvalue weighted by molar-refractivity contribution is -1.00. The molecule has 5 nitrogen and oxygen atoms in total. The van der Waals surface area contributed by atoms with Gasteiger partial charge in [0.1, 0.15) is 26.2 Å². The van der Waals surface area contributed by atoms with E-state index >= 15 is 0 Å². The maximum Gasteiger partial charge on any atom is 0.231 e. The number of anilines is 1.